The van der Waals surface area contributed by atoms with Gasteiger partial charge in [0.2, 0.25) is 17.8 Å². The van der Waals surface area contributed by atoms with Crippen molar-refractivity contribution >= 4 is 17.6 Å². The fraction of sp³-hybridized carbons (Fsp3) is 0.150. The van der Waals surface area contributed by atoms with E-state index in [0.717, 1.165) is 16.8 Å². The number of halogens is 1. The summed E-state index contributed by atoms with van der Waals surface area (Å²) in [4.78, 5) is 16.4. The molecule has 3 N–H and O–H groups in total. The largest absolute Gasteiger partial charge is 0.380 e. The molecule has 0 saturated heterocycles. The molecule has 0 saturated carbocycles. The summed E-state index contributed by atoms with van der Waals surface area (Å²) < 4.78 is 20.0. The van der Waals surface area contributed by atoms with Crippen molar-refractivity contribution in [2.24, 2.45) is 7.05 Å². The summed E-state index contributed by atoms with van der Waals surface area (Å²) in [7, 11) is 3.40. The molecule has 9 nitrogen and oxygen atoms in total. The molecule has 0 atom stereocenters. The van der Waals surface area contributed by atoms with Crippen LogP contribution < -0.4 is 11.1 Å². The Labute approximate surface area is 171 Å². The third-order valence-corrected chi connectivity index (χ3v) is 4.36. The van der Waals surface area contributed by atoms with Crippen molar-refractivity contribution < 1.29 is 9.13 Å². The Morgan fingerprint density at radius 2 is 2.00 bits per heavy atom. The highest BCUT2D eigenvalue weighted by molar-refractivity contribution is 5.69. The third-order valence-electron chi connectivity index (χ3n) is 4.36. The van der Waals surface area contributed by atoms with Crippen LogP contribution in [0.3, 0.4) is 0 Å². The van der Waals surface area contributed by atoms with Crippen LogP contribution in [-0.4, -0.2) is 36.8 Å². The van der Waals surface area contributed by atoms with Crippen LogP contribution in [0.5, 0.6) is 0 Å². The van der Waals surface area contributed by atoms with Crippen LogP contribution in [0.2, 0.25) is 0 Å². The minimum absolute atomic E-state index is 0.208. The first-order valence-electron chi connectivity index (χ1n) is 9.04. The third kappa shape index (κ3) is 4.08. The highest BCUT2D eigenvalue weighted by Gasteiger charge is 2.13. The lowest BCUT2D eigenvalue weighted by Crippen LogP contribution is -2.02. The number of nitrogen functional groups attached to an aromatic ring is 1. The Morgan fingerprint density at radius 1 is 1.13 bits per heavy atom. The fourth-order valence-corrected chi connectivity index (χ4v) is 2.97. The van der Waals surface area contributed by atoms with Gasteiger partial charge in [0.25, 0.3) is 0 Å². The maximum absolute atomic E-state index is 13.1. The second kappa shape index (κ2) is 8.21. The minimum atomic E-state index is -0.552. The second-order valence-corrected chi connectivity index (χ2v) is 6.48. The van der Waals surface area contributed by atoms with Crippen LogP contribution in [0.25, 0.3) is 22.6 Å². The molecule has 0 radical (unpaired) electrons. The monoisotopic (exact) mass is 406 g/mol. The molecular formula is C20H19FN8O. The summed E-state index contributed by atoms with van der Waals surface area (Å²) in [5.74, 6) is 0.624. The SMILES string of the molecule is COCc1cc(Nc2nc(-c3ccc(F)nc3)nn2C)ccc1-c1ccnc(N)n1. The van der Waals surface area contributed by atoms with Crippen molar-refractivity contribution in [1.29, 1.82) is 0 Å². The van der Waals surface area contributed by atoms with Gasteiger partial charge in [-0.05, 0) is 35.9 Å². The summed E-state index contributed by atoms with van der Waals surface area (Å²) >= 11 is 0. The smallest absolute Gasteiger partial charge is 0.225 e. The van der Waals surface area contributed by atoms with Crippen molar-refractivity contribution in [3.8, 4) is 22.6 Å². The number of pyridine rings is 1. The summed E-state index contributed by atoms with van der Waals surface area (Å²) in [6, 6.07) is 10.4. The van der Waals surface area contributed by atoms with Gasteiger partial charge in [-0.1, -0.05) is 6.07 Å². The maximum atomic E-state index is 13.1. The summed E-state index contributed by atoms with van der Waals surface area (Å²) in [5, 5.41) is 7.61. The van der Waals surface area contributed by atoms with Crippen LogP contribution in [0, 0.1) is 5.95 Å². The van der Waals surface area contributed by atoms with Crippen LogP contribution >= 0.6 is 0 Å². The van der Waals surface area contributed by atoms with E-state index < -0.39 is 5.95 Å². The number of aromatic nitrogens is 6. The van der Waals surface area contributed by atoms with Gasteiger partial charge < -0.3 is 15.8 Å². The van der Waals surface area contributed by atoms with Crippen LogP contribution in [-0.2, 0) is 18.4 Å². The van der Waals surface area contributed by atoms with Crippen LogP contribution in [0.4, 0.5) is 22.0 Å². The molecule has 0 aliphatic carbocycles. The lowest BCUT2D eigenvalue weighted by atomic mass is 10.0. The van der Waals surface area contributed by atoms with Crippen molar-refractivity contribution in [2.75, 3.05) is 18.2 Å². The Balaban J connectivity index is 1.63. The highest BCUT2D eigenvalue weighted by Crippen LogP contribution is 2.28. The normalized spacial score (nSPS) is 10.9. The van der Waals surface area contributed by atoms with Gasteiger partial charge >= 0.3 is 0 Å². The zero-order valence-corrected chi connectivity index (χ0v) is 16.4. The molecule has 0 aliphatic heterocycles. The van der Waals surface area contributed by atoms with Gasteiger partial charge in [0, 0.05) is 43.4 Å². The zero-order valence-electron chi connectivity index (χ0n) is 16.4. The Bertz CT molecular complexity index is 1180. The quantitative estimate of drug-likeness (QED) is 0.470. The van der Waals surface area contributed by atoms with E-state index in [1.807, 2.05) is 18.2 Å². The molecule has 152 valence electrons. The number of hydrogen-bond acceptors (Lipinski definition) is 8. The number of nitrogens with two attached hydrogens (primary N) is 1. The molecule has 0 bridgehead atoms. The lowest BCUT2D eigenvalue weighted by molar-refractivity contribution is 0.185. The molecular weight excluding hydrogens is 387 g/mol. The first-order chi connectivity index (χ1) is 14.5. The van der Waals surface area contributed by atoms with E-state index in [-0.39, 0.29) is 5.95 Å². The van der Waals surface area contributed by atoms with Gasteiger partial charge in [0.1, 0.15) is 0 Å². The van der Waals surface area contributed by atoms with E-state index in [2.05, 4.69) is 30.4 Å². The molecule has 10 heteroatoms. The number of hydrogen-bond donors (Lipinski definition) is 2. The molecule has 0 unspecified atom stereocenters. The average Bonchev–Trinajstić information content (AvgIpc) is 3.09. The number of anilines is 3. The number of ether oxygens (including phenoxy) is 1. The van der Waals surface area contributed by atoms with Crippen molar-refractivity contribution in [1.82, 2.24) is 29.7 Å². The minimum Gasteiger partial charge on any atom is -0.380 e. The molecule has 4 rings (SSSR count). The highest BCUT2D eigenvalue weighted by atomic mass is 19.1. The maximum Gasteiger partial charge on any atom is 0.225 e. The lowest BCUT2D eigenvalue weighted by Gasteiger charge is -2.12. The first-order valence-corrected chi connectivity index (χ1v) is 9.04. The van der Waals surface area contributed by atoms with Gasteiger partial charge in [-0.2, -0.15) is 9.37 Å². The molecule has 0 fully saturated rings. The Morgan fingerprint density at radius 3 is 2.73 bits per heavy atom. The number of aryl methyl sites for hydroxylation is 1. The van der Waals surface area contributed by atoms with Gasteiger partial charge in [-0.15, -0.1) is 5.10 Å². The molecule has 3 aromatic heterocycles. The van der Waals surface area contributed by atoms with Crippen molar-refractivity contribution in [2.45, 2.75) is 6.61 Å². The fourth-order valence-electron chi connectivity index (χ4n) is 2.97. The molecule has 0 amide bonds. The standard InChI is InChI=1S/C20H19FN8O/c1-29-20(27-18(28-29)12-3-6-17(21)24-10-12)25-14-4-5-15(13(9-14)11-30-2)16-7-8-23-19(22)26-16/h3-10H,11H2,1-2H3,(H2,22,23,26)(H,25,27,28). The average molecular weight is 406 g/mol. The van der Waals surface area contributed by atoms with Gasteiger partial charge in [0.15, 0.2) is 5.82 Å². The Kier molecular flexibility index (Phi) is 5.31. The first kappa shape index (κ1) is 19.4. The predicted molar refractivity (Wildman–Crippen MR) is 110 cm³/mol. The summed E-state index contributed by atoms with van der Waals surface area (Å²) in [6.45, 7) is 0.389. The van der Waals surface area contributed by atoms with E-state index >= 15 is 0 Å². The van der Waals surface area contributed by atoms with Gasteiger partial charge in [0.05, 0.1) is 12.3 Å². The van der Waals surface area contributed by atoms with E-state index in [1.165, 1.54) is 12.3 Å². The molecule has 3 heterocycles. The van der Waals surface area contributed by atoms with Gasteiger partial charge in [-0.25, -0.2) is 19.6 Å². The number of nitrogens with one attached hydrogen (secondary N) is 1. The van der Waals surface area contributed by atoms with Crippen molar-refractivity contribution in [3.05, 3.63) is 60.3 Å². The van der Waals surface area contributed by atoms with Crippen molar-refractivity contribution in [3.63, 3.8) is 0 Å². The van der Waals surface area contributed by atoms with Crippen LogP contribution in [0.15, 0.2) is 48.8 Å². The molecule has 1 aromatic carbocycles. The van der Waals surface area contributed by atoms with Crippen LogP contribution in [0.1, 0.15) is 5.56 Å². The summed E-state index contributed by atoms with van der Waals surface area (Å²) in [5.41, 5.74) is 9.67. The number of rotatable bonds is 6. The topological polar surface area (TPSA) is 117 Å². The van der Waals surface area contributed by atoms with E-state index in [4.69, 9.17) is 10.5 Å². The van der Waals surface area contributed by atoms with E-state index in [0.29, 0.717) is 29.6 Å². The summed E-state index contributed by atoms with van der Waals surface area (Å²) in [6.07, 6.45) is 3.01. The molecule has 30 heavy (non-hydrogen) atoms. The second-order valence-electron chi connectivity index (χ2n) is 6.48. The van der Waals surface area contributed by atoms with E-state index in [9.17, 15) is 4.39 Å². The predicted octanol–water partition coefficient (Wildman–Crippen LogP) is 2.95. The molecule has 4 aromatic rings. The molecule has 0 spiro atoms. The number of benzene rings is 1. The number of methoxy groups -OCH3 is 1. The van der Waals surface area contributed by atoms with Gasteiger partial charge in [-0.3, -0.25) is 0 Å². The molecule has 0 aliphatic rings. The number of nitrogens with zero attached hydrogens (tertiary/aromatic N) is 6. The Hall–Kier alpha value is -3.92. The van der Waals surface area contributed by atoms with E-state index in [1.54, 1.807) is 37.2 Å². The zero-order chi connectivity index (χ0) is 21.1.